The molecule has 0 saturated carbocycles. The lowest BCUT2D eigenvalue weighted by atomic mass is 9.93. The van der Waals surface area contributed by atoms with Gasteiger partial charge in [-0.15, -0.1) is 0 Å². The second-order valence-electron chi connectivity index (χ2n) is 17.7. The van der Waals surface area contributed by atoms with Crippen LogP contribution in [0.1, 0.15) is 12.5 Å². The molecule has 0 aliphatic carbocycles. The molecule has 336 valence electrons. The van der Waals surface area contributed by atoms with Crippen molar-refractivity contribution in [2.75, 3.05) is 9.80 Å². The molecule has 0 saturated heterocycles. The van der Waals surface area contributed by atoms with E-state index in [0.29, 0.717) is 11.6 Å². The van der Waals surface area contributed by atoms with Gasteiger partial charge in [0.05, 0.1) is 22.7 Å². The first-order valence-electron chi connectivity index (χ1n) is 23.8. The van der Waals surface area contributed by atoms with Crippen molar-refractivity contribution in [3.8, 4) is 22.3 Å². The quantitative estimate of drug-likeness (QED) is 0.101. The summed E-state index contributed by atoms with van der Waals surface area (Å²) in [6.45, 7) is 5.90. The van der Waals surface area contributed by atoms with E-state index in [-0.39, 0.29) is 0 Å². The van der Waals surface area contributed by atoms with E-state index < -0.39 is 0 Å². The number of para-hydroxylation sites is 2. The van der Waals surface area contributed by atoms with Crippen molar-refractivity contribution < 1.29 is 8.83 Å². The molecule has 0 unspecified atom stereocenters. The minimum Gasteiger partial charge on any atom is -0.436 e. The number of aliphatic imine (C=N–C) groups is 1. The van der Waals surface area contributed by atoms with Gasteiger partial charge in [-0.3, -0.25) is 0 Å². The van der Waals surface area contributed by atoms with Crippen LogP contribution in [0.15, 0.2) is 244 Å². The van der Waals surface area contributed by atoms with Gasteiger partial charge in [0.1, 0.15) is 0 Å². The van der Waals surface area contributed by atoms with Gasteiger partial charge in [0.15, 0.2) is 11.2 Å². The normalized spacial score (nSPS) is 11.7. The highest BCUT2D eigenvalue weighted by atomic mass is 16.4. The molecule has 0 aliphatic heterocycles. The summed E-state index contributed by atoms with van der Waals surface area (Å²) in [6.07, 6.45) is 5.84. The van der Waals surface area contributed by atoms with Gasteiger partial charge in [0.2, 0.25) is 11.6 Å². The smallest absolute Gasteiger partial charge is 0.227 e. The Kier molecular flexibility index (Phi) is 10.1. The molecular weight excluding hydrogens is 869 g/mol. The highest BCUT2D eigenvalue weighted by Crippen LogP contribution is 2.51. The molecule has 10 aromatic carbocycles. The minimum atomic E-state index is 0.487. The Labute approximate surface area is 410 Å². The maximum absolute atomic E-state index is 6.71. The van der Waals surface area contributed by atoms with Crippen molar-refractivity contribution in [3.63, 3.8) is 0 Å². The number of aromatic nitrogens is 1. The molecular formula is C65H44N4O2. The Morgan fingerprint density at radius 1 is 0.408 bits per heavy atom. The SMILES string of the molecule is C=Nc1oc2c(N(c3ccc(-c4ccccc4)cc3)c3cc4c5ccccc5c(N(c5ccc(-c6ccccc6)cc5)c5cccc6c5oc5ncccc56)cc4c4ccccc34)cccc2c1/C=C\C. The molecule has 13 aromatic rings. The van der Waals surface area contributed by atoms with E-state index in [0.717, 1.165) is 122 Å². The predicted molar refractivity (Wildman–Crippen MR) is 298 cm³/mol. The van der Waals surface area contributed by atoms with Crippen LogP contribution >= 0.6 is 0 Å². The van der Waals surface area contributed by atoms with E-state index in [1.165, 1.54) is 0 Å². The van der Waals surface area contributed by atoms with Crippen LogP contribution in [0.3, 0.4) is 0 Å². The summed E-state index contributed by atoms with van der Waals surface area (Å²) in [5, 5.41) is 9.57. The van der Waals surface area contributed by atoms with Gasteiger partial charge in [0.25, 0.3) is 0 Å². The van der Waals surface area contributed by atoms with Crippen molar-refractivity contribution in [3.05, 3.63) is 236 Å². The summed E-state index contributed by atoms with van der Waals surface area (Å²) in [5.41, 5.74) is 13.4. The largest absolute Gasteiger partial charge is 0.436 e. The van der Waals surface area contributed by atoms with E-state index in [9.17, 15) is 0 Å². The lowest BCUT2D eigenvalue weighted by Gasteiger charge is -2.30. The highest BCUT2D eigenvalue weighted by Gasteiger charge is 2.26. The first-order chi connectivity index (χ1) is 35.1. The van der Waals surface area contributed by atoms with Gasteiger partial charge < -0.3 is 18.6 Å². The van der Waals surface area contributed by atoms with Gasteiger partial charge in [-0.1, -0.05) is 170 Å². The molecule has 0 radical (unpaired) electrons. The van der Waals surface area contributed by atoms with Gasteiger partial charge in [-0.25, -0.2) is 9.98 Å². The summed E-state index contributed by atoms with van der Waals surface area (Å²) in [6, 6.07) is 77.7. The number of pyridine rings is 1. The molecule has 0 N–H and O–H groups in total. The zero-order valence-electron chi connectivity index (χ0n) is 38.8. The van der Waals surface area contributed by atoms with Crippen LogP contribution in [0, 0.1) is 0 Å². The number of anilines is 6. The van der Waals surface area contributed by atoms with Crippen LogP contribution < -0.4 is 9.80 Å². The van der Waals surface area contributed by atoms with E-state index in [2.05, 4.69) is 239 Å². The molecule has 3 heterocycles. The third-order valence-corrected chi connectivity index (χ3v) is 13.7. The third kappa shape index (κ3) is 6.95. The predicted octanol–water partition coefficient (Wildman–Crippen LogP) is 18.8. The van der Waals surface area contributed by atoms with Crippen molar-refractivity contribution in [1.29, 1.82) is 0 Å². The number of allylic oxidation sites excluding steroid dienone is 1. The van der Waals surface area contributed by atoms with Crippen LogP contribution in [0.25, 0.3) is 93.7 Å². The molecule has 0 fully saturated rings. The number of fused-ring (bicyclic) bond motifs is 9. The Morgan fingerprint density at radius 2 is 0.859 bits per heavy atom. The molecule has 13 rings (SSSR count). The van der Waals surface area contributed by atoms with Crippen molar-refractivity contribution >= 4 is 118 Å². The number of hydrogen-bond acceptors (Lipinski definition) is 6. The lowest BCUT2D eigenvalue weighted by molar-refractivity contribution is 0.626. The molecule has 0 atom stereocenters. The number of hydrogen-bond donors (Lipinski definition) is 0. The molecule has 0 aliphatic rings. The van der Waals surface area contributed by atoms with E-state index >= 15 is 0 Å². The fourth-order valence-corrected chi connectivity index (χ4v) is 10.5. The van der Waals surface area contributed by atoms with Crippen LogP contribution in [0.4, 0.5) is 40.0 Å². The van der Waals surface area contributed by atoms with Gasteiger partial charge in [-0.05, 0) is 118 Å². The molecule has 0 bridgehead atoms. The standard InChI is InChI=1S/C65H44N4O2/c1-3-17-54-52-26-14-29-58(62(52)70-64(54)66-2)68(46-35-31-44(32-36-46)42-18-6-4-7-19-42)60-40-56-49-23-11-13-25-51(49)61(41-57(56)48-22-10-12-24-50(48)60)69(47-37-33-45(34-38-47)43-20-8-5-9-21-43)59-30-15-27-53-55-28-16-39-67-65(55)71-63(53)59/h3-41H,2H2,1H3/b17-3-. The van der Waals surface area contributed by atoms with Crippen molar-refractivity contribution in [2.45, 2.75) is 6.92 Å². The summed E-state index contributed by atoms with van der Waals surface area (Å²) in [7, 11) is 0. The number of benzene rings is 10. The summed E-state index contributed by atoms with van der Waals surface area (Å²) < 4.78 is 13.4. The van der Waals surface area contributed by atoms with E-state index in [1.54, 1.807) is 6.20 Å². The second-order valence-corrected chi connectivity index (χ2v) is 17.7. The summed E-state index contributed by atoms with van der Waals surface area (Å²) in [5.74, 6) is 0.487. The topological polar surface area (TPSA) is 58.0 Å². The van der Waals surface area contributed by atoms with Crippen LogP contribution in [0.5, 0.6) is 0 Å². The van der Waals surface area contributed by atoms with Crippen molar-refractivity contribution in [1.82, 2.24) is 4.98 Å². The fraction of sp³-hybridized carbons (Fsp3) is 0.0154. The van der Waals surface area contributed by atoms with Crippen LogP contribution in [-0.2, 0) is 0 Å². The Balaban J connectivity index is 1.09. The number of nitrogens with zero attached hydrogens (tertiary/aromatic N) is 4. The zero-order valence-corrected chi connectivity index (χ0v) is 38.8. The fourth-order valence-electron chi connectivity index (χ4n) is 10.5. The summed E-state index contributed by atoms with van der Waals surface area (Å²) in [4.78, 5) is 13.7. The second kappa shape index (κ2) is 17.2. The highest BCUT2D eigenvalue weighted by molar-refractivity contribution is 6.25. The molecule has 3 aromatic heterocycles. The molecule has 0 amide bonds. The first kappa shape index (κ1) is 41.7. The average molecular weight is 913 g/mol. The Hall–Kier alpha value is -9.52. The van der Waals surface area contributed by atoms with Crippen LogP contribution in [0.2, 0.25) is 0 Å². The number of rotatable bonds is 10. The minimum absolute atomic E-state index is 0.487. The number of furan rings is 2. The average Bonchev–Trinajstić information content (AvgIpc) is 4.01. The van der Waals surface area contributed by atoms with E-state index in [4.69, 9.17) is 8.83 Å². The zero-order chi connectivity index (χ0) is 47.4. The molecule has 6 nitrogen and oxygen atoms in total. The lowest BCUT2D eigenvalue weighted by Crippen LogP contribution is -2.12. The third-order valence-electron chi connectivity index (χ3n) is 13.7. The Morgan fingerprint density at radius 3 is 1.38 bits per heavy atom. The van der Waals surface area contributed by atoms with Gasteiger partial charge in [0, 0.05) is 50.1 Å². The monoisotopic (exact) mass is 912 g/mol. The van der Waals surface area contributed by atoms with Crippen molar-refractivity contribution in [2.24, 2.45) is 4.99 Å². The maximum Gasteiger partial charge on any atom is 0.227 e. The van der Waals surface area contributed by atoms with E-state index in [1.807, 2.05) is 25.1 Å². The first-order valence-corrected chi connectivity index (χ1v) is 23.8. The van der Waals surface area contributed by atoms with Gasteiger partial charge >= 0.3 is 0 Å². The Bertz CT molecular complexity index is 4190. The maximum atomic E-state index is 6.71. The van der Waals surface area contributed by atoms with Gasteiger partial charge in [-0.2, -0.15) is 0 Å². The van der Waals surface area contributed by atoms with Crippen LogP contribution in [-0.4, -0.2) is 11.7 Å². The molecule has 0 spiro atoms. The molecule has 71 heavy (non-hydrogen) atoms. The molecule has 6 heteroatoms. The summed E-state index contributed by atoms with van der Waals surface area (Å²) >= 11 is 0.